The fraction of sp³-hybridized carbons (Fsp3) is 0.636. The van der Waals surface area contributed by atoms with Gasteiger partial charge in [0.1, 0.15) is 0 Å². The molecule has 1 aliphatic heterocycles. The number of rotatable bonds is 8. The zero-order valence-corrected chi connectivity index (χ0v) is 17.8. The highest BCUT2D eigenvalue weighted by Gasteiger charge is 2.09. The average molecular weight is 388 g/mol. The van der Waals surface area contributed by atoms with E-state index in [9.17, 15) is 4.79 Å². The van der Waals surface area contributed by atoms with Gasteiger partial charge < -0.3 is 20.9 Å². The highest BCUT2D eigenvalue weighted by atomic mass is 16.1. The van der Waals surface area contributed by atoms with Crippen LogP contribution >= 0.6 is 0 Å². The predicted octanol–water partition coefficient (Wildman–Crippen LogP) is 3.21. The third-order valence-corrected chi connectivity index (χ3v) is 5.07. The molecule has 0 spiro atoms. The fourth-order valence-corrected chi connectivity index (χ4v) is 3.27. The minimum atomic E-state index is -0.0184. The van der Waals surface area contributed by atoms with E-state index in [0.717, 1.165) is 36.7 Å². The summed E-state index contributed by atoms with van der Waals surface area (Å²) in [6.07, 6.45) is 6.59. The Morgan fingerprint density at radius 3 is 2.36 bits per heavy atom. The van der Waals surface area contributed by atoms with Gasteiger partial charge in [-0.05, 0) is 56.6 Å². The molecule has 1 saturated heterocycles. The largest absolute Gasteiger partial charge is 0.356 e. The molecule has 1 aromatic rings. The minimum absolute atomic E-state index is 0.0184. The topological polar surface area (TPSA) is 68.8 Å². The van der Waals surface area contributed by atoms with Crippen LogP contribution in [-0.4, -0.2) is 50.0 Å². The van der Waals surface area contributed by atoms with Gasteiger partial charge in [0.2, 0.25) is 5.91 Å². The van der Waals surface area contributed by atoms with Gasteiger partial charge in [0.25, 0.3) is 0 Å². The molecule has 1 amide bonds. The predicted molar refractivity (Wildman–Crippen MR) is 118 cm³/mol. The first-order valence-corrected chi connectivity index (χ1v) is 10.6. The number of aliphatic imine (C=N–C) groups is 1. The second-order valence-electron chi connectivity index (χ2n) is 7.80. The summed E-state index contributed by atoms with van der Waals surface area (Å²) in [4.78, 5) is 18.6. The summed E-state index contributed by atoms with van der Waals surface area (Å²) in [7, 11) is 1.80. The quantitative estimate of drug-likeness (QED) is 0.364. The van der Waals surface area contributed by atoms with Crippen molar-refractivity contribution >= 4 is 17.6 Å². The molecule has 3 N–H and O–H groups in total. The molecule has 1 heterocycles. The molecular weight excluding hydrogens is 350 g/mol. The van der Waals surface area contributed by atoms with Crippen molar-refractivity contribution in [3.05, 3.63) is 29.8 Å². The molecule has 6 nitrogen and oxygen atoms in total. The summed E-state index contributed by atoms with van der Waals surface area (Å²) in [5.74, 6) is 0.846. The van der Waals surface area contributed by atoms with E-state index < -0.39 is 0 Å². The van der Waals surface area contributed by atoms with Crippen LogP contribution in [0.4, 0.5) is 5.69 Å². The number of hydrogen-bond acceptors (Lipinski definition) is 3. The van der Waals surface area contributed by atoms with Crippen molar-refractivity contribution in [3.63, 3.8) is 0 Å². The van der Waals surface area contributed by atoms with Crippen LogP contribution in [0.25, 0.3) is 0 Å². The number of likely N-dealkylation sites (tertiary alicyclic amines) is 1. The zero-order chi connectivity index (χ0) is 20.2. The maximum atomic E-state index is 11.7. The van der Waals surface area contributed by atoms with Gasteiger partial charge in [-0.3, -0.25) is 9.79 Å². The molecule has 28 heavy (non-hydrogen) atoms. The molecule has 0 atom stereocenters. The molecular formula is C22H37N5O. The van der Waals surface area contributed by atoms with Crippen LogP contribution in [0.15, 0.2) is 29.3 Å². The number of nitrogens with one attached hydrogen (secondary N) is 3. The Bertz CT molecular complexity index is 604. The van der Waals surface area contributed by atoms with Gasteiger partial charge in [-0.15, -0.1) is 0 Å². The fourth-order valence-electron chi connectivity index (χ4n) is 3.27. The van der Waals surface area contributed by atoms with Gasteiger partial charge in [-0.2, -0.15) is 0 Å². The SMILES string of the molecule is CN=C(NCCCN1CCCCCC1)NCc1ccc(NC(=O)C(C)C)cc1. The second kappa shape index (κ2) is 12.4. The molecule has 1 fully saturated rings. The van der Waals surface area contributed by atoms with Crippen molar-refractivity contribution < 1.29 is 4.79 Å². The summed E-state index contributed by atoms with van der Waals surface area (Å²) in [5.41, 5.74) is 1.98. The first-order valence-electron chi connectivity index (χ1n) is 10.6. The van der Waals surface area contributed by atoms with Gasteiger partial charge in [0, 0.05) is 31.7 Å². The number of amides is 1. The van der Waals surface area contributed by atoms with Crippen molar-refractivity contribution in [3.8, 4) is 0 Å². The van der Waals surface area contributed by atoms with Gasteiger partial charge in [-0.25, -0.2) is 0 Å². The van der Waals surface area contributed by atoms with Gasteiger partial charge in [0.05, 0.1) is 0 Å². The number of benzene rings is 1. The summed E-state index contributed by atoms with van der Waals surface area (Å²) in [5, 5.41) is 9.66. The molecule has 1 aliphatic rings. The molecule has 6 heteroatoms. The smallest absolute Gasteiger partial charge is 0.226 e. The monoisotopic (exact) mass is 387 g/mol. The number of carbonyl (C=O) groups is 1. The molecule has 1 aromatic carbocycles. The van der Waals surface area contributed by atoms with Crippen LogP contribution in [0.3, 0.4) is 0 Å². The Balaban J connectivity index is 1.66. The lowest BCUT2D eigenvalue weighted by Crippen LogP contribution is -2.38. The maximum absolute atomic E-state index is 11.7. The number of hydrogen-bond donors (Lipinski definition) is 3. The summed E-state index contributed by atoms with van der Waals surface area (Å²) >= 11 is 0. The van der Waals surface area contributed by atoms with Crippen molar-refractivity contribution in [1.82, 2.24) is 15.5 Å². The number of nitrogens with zero attached hydrogens (tertiary/aromatic N) is 2. The number of carbonyl (C=O) groups excluding carboxylic acids is 1. The van der Waals surface area contributed by atoms with E-state index in [1.54, 1.807) is 7.05 Å². The van der Waals surface area contributed by atoms with Crippen LogP contribution in [-0.2, 0) is 11.3 Å². The van der Waals surface area contributed by atoms with Crippen LogP contribution in [0.5, 0.6) is 0 Å². The summed E-state index contributed by atoms with van der Waals surface area (Å²) < 4.78 is 0. The van der Waals surface area contributed by atoms with E-state index in [1.165, 1.54) is 38.8 Å². The molecule has 0 unspecified atom stereocenters. The van der Waals surface area contributed by atoms with E-state index in [-0.39, 0.29) is 11.8 Å². The normalized spacial score (nSPS) is 15.9. The minimum Gasteiger partial charge on any atom is -0.356 e. The lowest BCUT2D eigenvalue weighted by atomic mass is 10.1. The van der Waals surface area contributed by atoms with Crippen LogP contribution < -0.4 is 16.0 Å². The number of anilines is 1. The number of guanidine groups is 1. The Morgan fingerprint density at radius 2 is 1.75 bits per heavy atom. The highest BCUT2D eigenvalue weighted by Crippen LogP contribution is 2.11. The van der Waals surface area contributed by atoms with Crippen molar-refractivity contribution in [2.75, 3.05) is 38.5 Å². The second-order valence-corrected chi connectivity index (χ2v) is 7.80. The van der Waals surface area contributed by atoms with Crippen molar-refractivity contribution in [2.45, 2.75) is 52.5 Å². The summed E-state index contributed by atoms with van der Waals surface area (Å²) in [6, 6.07) is 7.93. The third-order valence-electron chi connectivity index (χ3n) is 5.07. The molecule has 0 bridgehead atoms. The van der Waals surface area contributed by atoms with Crippen molar-refractivity contribution in [1.29, 1.82) is 0 Å². The lowest BCUT2D eigenvalue weighted by molar-refractivity contribution is -0.118. The van der Waals surface area contributed by atoms with Crippen LogP contribution in [0.1, 0.15) is 51.5 Å². The van der Waals surface area contributed by atoms with Crippen molar-refractivity contribution in [2.24, 2.45) is 10.9 Å². The molecule has 0 saturated carbocycles. The summed E-state index contributed by atoms with van der Waals surface area (Å²) in [6.45, 7) is 9.07. The average Bonchev–Trinajstić information content (AvgIpc) is 2.97. The van der Waals surface area contributed by atoms with E-state index in [2.05, 4.69) is 25.8 Å². The van der Waals surface area contributed by atoms with Gasteiger partial charge in [0.15, 0.2) is 5.96 Å². The van der Waals surface area contributed by atoms with Gasteiger partial charge >= 0.3 is 0 Å². The van der Waals surface area contributed by atoms with E-state index in [0.29, 0.717) is 6.54 Å². The van der Waals surface area contributed by atoms with Crippen LogP contribution in [0.2, 0.25) is 0 Å². The van der Waals surface area contributed by atoms with E-state index in [4.69, 9.17) is 0 Å². The van der Waals surface area contributed by atoms with Crippen LogP contribution in [0, 0.1) is 5.92 Å². The standard InChI is InChI=1S/C22H37N5O/c1-18(2)21(28)26-20-11-9-19(10-12-20)17-25-22(23-3)24-13-8-16-27-14-6-4-5-7-15-27/h9-12,18H,4-8,13-17H2,1-3H3,(H,26,28)(H2,23,24,25). The molecule has 0 aromatic heterocycles. The molecule has 0 aliphatic carbocycles. The first-order chi connectivity index (χ1) is 13.6. The van der Waals surface area contributed by atoms with E-state index in [1.807, 2.05) is 38.1 Å². The Morgan fingerprint density at radius 1 is 1.07 bits per heavy atom. The van der Waals surface area contributed by atoms with Gasteiger partial charge in [-0.1, -0.05) is 38.8 Å². The Kier molecular flexibility index (Phi) is 9.83. The first kappa shape index (κ1) is 22.2. The maximum Gasteiger partial charge on any atom is 0.226 e. The molecule has 2 rings (SSSR count). The Labute approximate surface area is 170 Å². The lowest BCUT2D eigenvalue weighted by Gasteiger charge is -2.20. The highest BCUT2D eigenvalue weighted by molar-refractivity contribution is 5.92. The molecule has 0 radical (unpaired) electrons. The molecule has 156 valence electrons. The zero-order valence-electron chi connectivity index (χ0n) is 17.8. The Hall–Kier alpha value is -2.08. The van der Waals surface area contributed by atoms with E-state index >= 15 is 0 Å². The third kappa shape index (κ3) is 8.30.